The first kappa shape index (κ1) is 20.7. The average molecular weight is 395 g/mol. The van der Waals surface area contributed by atoms with Gasteiger partial charge >= 0.3 is 6.36 Å². The molecule has 2 N–H and O–H groups in total. The van der Waals surface area contributed by atoms with Crippen molar-refractivity contribution >= 4 is 17.3 Å². The van der Waals surface area contributed by atoms with Gasteiger partial charge in [-0.15, -0.1) is 13.2 Å². The molecule has 0 unspecified atom stereocenters. The van der Waals surface area contributed by atoms with Crippen molar-refractivity contribution in [2.75, 3.05) is 14.2 Å². The molecule has 0 saturated carbocycles. The minimum atomic E-state index is -4.85. The summed E-state index contributed by atoms with van der Waals surface area (Å²) in [6, 6.07) is 11.6. The first-order chi connectivity index (χ1) is 13.3. The van der Waals surface area contributed by atoms with Crippen LogP contribution in [0.25, 0.3) is 0 Å². The van der Waals surface area contributed by atoms with Crippen molar-refractivity contribution in [2.24, 2.45) is 16.0 Å². The molecule has 148 valence electrons. The van der Waals surface area contributed by atoms with Gasteiger partial charge in [0.25, 0.3) is 5.91 Å². The van der Waals surface area contributed by atoms with Gasteiger partial charge in [-0.25, -0.2) is 0 Å². The van der Waals surface area contributed by atoms with E-state index in [0.717, 1.165) is 12.1 Å². The summed E-state index contributed by atoms with van der Waals surface area (Å²) in [7, 11) is 2.52. The molecule has 2 aromatic carbocycles. The van der Waals surface area contributed by atoms with Gasteiger partial charge in [-0.05, 0) is 12.1 Å². The van der Waals surface area contributed by atoms with Crippen LogP contribution in [0.5, 0.6) is 5.75 Å². The summed E-state index contributed by atoms with van der Waals surface area (Å²) in [4.78, 5) is 21.3. The monoisotopic (exact) mass is 395 g/mol. The van der Waals surface area contributed by atoms with Crippen LogP contribution < -0.4 is 10.5 Å². The third-order valence-corrected chi connectivity index (χ3v) is 3.38. The molecule has 1 amide bonds. The van der Waals surface area contributed by atoms with E-state index >= 15 is 0 Å². The van der Waals surface area contributed by atoms with Crippen LogP contribution in [0.4, 0.5) is 13.2 Å². The number of carbonyl (C=O) groups is 1. The lowest BCUT2D eigenvalue weighted by Crippen LogP contribution is -2.26. The summed E-state index contributed by atoms with van der Waals surface area (Å²) in [5.41, 5.74) is 6.15. The zero-order valence-electron chi connectivity index (χ0n) is 14.9. The summed E-state index contributed by atoms with van der Waals surface area (Å²) in [6.07, 6.45) is -4.85. The van der Waals surface area contributed by atoms with Crippen molar-refractivity contribution in [1.29, 1.82) is 0 Å². The van der Waals surface area contributed by atoms with E-state index < -0.39 is 18.0 Å². The van der Waals surface area contributed by atoms with E-state index in [1.54, 1.807) is 24.3 Å². The molecule has 7 nitrogen and oxygen atoms in total. The molecule has 0 bridgehead atoms. The number of hydrogen-bond acceptors (Lipinski definition) is 6. The van der Waals surface area contributed by atoms with Crippen molar-refractivity contribution in [3.05, 3.63) is 65.2 Å². The molecule has 0 atom stereocenters. The van der Waals surface area contributed by atoms with E-state index in [4.69, 9.17) is 10.6 Å². The Morgan fingerprint density at radius 2 is 1.61 bits per heavy atom. The maximum absolute atomic E-state index is 12.5. The van der Waals surface area contributed by atoms with E-state index in [9.17, 15) is 18.0 Å². The predicted octanol–water partition coefficient (Wildman–Crippen LogP) is 2.82. The van der Waals surface area contributed by atoms with Crippen molar-refractivity contribution in [2.45, 2.75) is 6.36 Å². The fourth-order valence-corrected chi connectivity index (χ4v) is 2.40. The first-order valence-electron chi connectivity index (χ1n) is 7.75. The van der Waals surface area contributed by atoms with E-state index in [2.05, 4.69) is 19.9 Å². The summed E-state index contributed by atoms with van der Waals surface area (Å²) in [5, 5.41) is 7.53. The molecule has 0 saturated heterocycles. The molecule has 0 aromatic heterocycles. The molecule has 0 fully saturated rings. The summed E-state index contributed by atoms with van der Waals surface area (Å²) in [6.45, 7) is 0. The molecule has 28 heavy (non-hydrogen) atoms. The van der Waals surface area contributed by atoms with Crippen LogP contribution in [-0.4, -0.2) is 37.9 Å². The van der Waals surface area contributed by atoms with Crippen LogP contribution >= 0.6 is 0 Å². The maximum Gasteiger partial charge on any atom is 0.573 e. The molecule has 0 spiro atoms. The molecular formula is C18H16F3N3O4. The number of oxime groups is 2. The Kier molecular flexibility index (Phi) is 6.59. The fraction of sp³-hybridized carbons (Fsp3) is 0.167. The van der Waals surface area contributed by atoms with Crippen molar-refractivity contribution in [3.63, 3.8) is 0 Å². The summed E-state index contributed by atoms with van der Waals surface area (Å²) in [5.74, 6) is -1.30. The van der Waals surface area contributed by atoms with Crippen LogP contribution in [0.15, 0.2) is 58.8 Å². The molecule has 0 aliphatic heterocycles. The number of alkyl halides is 3. The topological polar surface area (TPSA) is 95.5 Å². The molecule has 2 aromatic rings. The molecule has 0 heterocycles. The number of amides is 1. The summed E-state index contributed by atoms with van der Waals surface area (Å²) >= 11 is 0. The van der Waals surface area contributed by atoms with Gasteiger partial charge in [0, 0.05) is 16.7 Å². The average Bonchev–Trinajstić information content (AvgIpc) is 2.63. The second-order valence-corrected chi connectivity index (χ2v) is 5.23. The van der Waals surface area contributed by atoms with E-state index in [1.807, 2.05) is 0 Å². The standard InChI is InChI=1S/C18H16F3N3O4/c1-26-23-15(11-6-5-7-12(10-11)28-18(19,20)21)13-8-3-4-9-14(13)16(17(22)25)24-27-2/h3-10H,1-2H3,(H2,22,25). The van der Waals surface area contributed by atoms with E-state index in [-0.39, 0.29) is 22.6 Å². The lowest BCUT2D eigenvalue weighted by atomic mass is 9.94. The van der Waals surface area contributed by atoms with Gasteiger partial charge < -0.3 is 20.1 Å². The van der Waals surface area contributed by atoms with Crippen LogP contribution in [0.1, 0.15) is 16.7 Å². The predicted molar refractivity (Wildman–Crippen MR) is 95.0 cm³/mol. The zero-order chi connectivity index (χ0) is 20.7. The number of ether oxygens (including phenoxy) is 1. The lowest BCUT2D eigenvalue weighted by molar-refractivity contribution is -0.274. The summed E-state index contributed by atoms with van der Waals surface area (Å²) < 4.78 is 41.5. The highest BCUT2D eigenvalue weighted by Crippen LogP contribution is 2.25. The van der Waals surface area contributed by atoms with Gasteiger partial charge in [-0.1, -0.05) is 46.7 Å². The Morgan fingerprint density at radius 1 is 0.964 bits per heavy atom. The fourth-order valence-electron chi connectivity index (χ4n) is 2.40. The normalized spacial score (nSPS) is 12.5. The van der Waals surface area contributed by atoms with E-state index in [1.165, 1.54) is 26.4 Å². The molecule has 0 radical (unpaired) electrons. The van der Waals surface area contributed by atoms with Crippen molar-refractivity contribution in [1.82, 2.24) is 0 Å². The Balaban J connectivity index is 2.61. The second-order valence-electron chi connectivity index (χ2n) is 5.23. The zero-order valence-corrected chi connectivity index (χ0v) is 14.9. The van der Waals surface area contributed by atoms with Crippen LogP contribution in [-0.2, 0) is 14.5 Å². The van der Waals surface area contributed by atoms with Gasteiger partial charge in [0.15, 0.2) is 5.71 Å². The first-order valence-corrected chi connectivity index (χ1v) is 7.75. The third-order valence-electron chi connectivity index (χ3n) is 3.38. The highest BCUT2D eigenvalue weighted by atomic mass is 19.4. The van der Waals surface area contributed by atoms with E-state index in [0.29, 0.717) is 5.56 Å². The third kappa shape index (κ3) is 5.22. The van der Waals surface area contributed by atoms with Gasteiger partial charge in [-0.2, -0.15) is 0 Å². The number of rotatable bonds is 7. The Bertz CT molecular complexity index is 911. The van der Waals surface area contributed by atoms with Crippen LogP contribution in [0.2, 0.25) is 0 Å². The molecule has 0 aliphatic rings. The minimum absolute atomic E-state index is 0.135. The van der Waals surface area contributed by atoms with Crippen molar-refractivity contribution in [3.8, 4) is 5.75 Å². The van der Waals surface area contributed by atoms with Crippen LogP contribution in [0.3, 0.4) is 0 Å². The molecule has 0 aliphatic carbocycles. The maximum atomic E-state index is 12.5. The molecular weight excluding hydrogens is 379 g/mol. The Hall–Kier alpha value is -3.56. The number of nitrogens with two attached hydrogens (primary N) is 1. The molecule has 2 rings (SSSR count). The number of hydrogen-bond donors (Lipinski definition) is 1. The number of benzene rings is 2. The van der Waals surface area contributed by atoms with Gasteiger partial charge in [0.1, 0.15) is 25.7 Å². The van der Waals surface area contributed by atoms with Crippen molar-refractivity contribution < 1.29 is 32.4 Å². The SMILES string of the molecule is CON=C(C(N)=O)c1ccccc1C(=NOC)c1cccc(OC(F)(F)F)c1. The Morgan fingerprint density at radius 3 is 2.18 bits per heavy atom. The molecule has 10 heteroatoms. The number of halogens is 3. The van der Waals surface area contributed by atoms with Gasteiger partial charge in [0.05, 0.1) is 0 Å². The van der Waals surface area contributed by atoms with Gasteiger partial charge in [0.2, 0.25) is 0 Å². The van der Waals surface area contributed by atoms with Crippen LogP contribution in [0, 0.1) is 0 Å². The Labute approximate surface area is 158 Å². The highest BCUT2D eigenvalue weighted by molar-refractivity contribution is 6.46. The van der Waals surface area contributed by atoms with Gasteiger partial charge in [-0.3, -0.25) is 4.79 Å². The quantitative estimate of drug-likeness (QED) is 0.576. The highest BCUT2D eigenvalue weighted by Gasteiger charge is 2.31. The lowest BCUT2D eigenvalue weighted by Gasteiger charge is -2.14. The number of nitrogens with zero attached hydrogens (tertiary/aromatic N) is 2. The smallest absolute Gasteiger partial charge is 0.406 e. The number of carbonyl (C=O) groups excluding carboxylic acids is 1. The number of primary amides is 1. The largest absolute Gasteiger partial charge is 0.573 e. The second kappa shape index (κ2) is 8.89. The minimum Gasteiger partial charge on any atom is -0.406 e.